The maximum Gasteiger partial charge on any atom is 0.233 e. The van der Waals surface area contributed by atoms with Crippen molar-refractivity contribution in [2.24, 2.45) is 11.8 Å². The second kappa shape index (κ2) is 4.38. The maximum atomic E-state index is 12.1. The van der Waals surface area contributed by atoms with Crippen molar-refractivity contribution in [2.45, 2.75) is 38.2 Å². The average molecular weight is 241 g/mol. The van der Waals surface area contributed by atoms with Crippen LogP contribution in [0.1, 0.15) is 32.6 Å². The first-order chi connectivity index (χ1) is 7.96. The Labute approximate surface area is 100 Å². The fraction of sp³-hybridized carbons (Fsp3) is 0.833. The zero-order valence-electron chi connectivity index (χ0n) is 10.1. The van der Waals surface area contributed by atoms with Crippen molar-refractivity contribution >= 4 is 11.8 Å². The van der Waals surface area contributed by atoms with E-state index in [9.17, 15) is 14.7 Å². The minimum atomic E-state index is -1.40. The van der Waals surface area contributed by atoms with E-state index in [0.717, 1.165) is 30.6 Å². The number of carbonyl (C=O) groups excluding carboxylic acids is 2. The number of fused-ring (bicyclic) bond motifs is 1. The second-order valence-electron chi connectivity index (χ2n) is 5.42. The van der Waals surface area contributed by atoms with E-state index in [0.29, 0.717) is 0 Å². The van der Waals surface area contributed by atoms with Crippen LogP contribution in [0.3, 0.4) is 0 Å². The third-order valence-electron chi connectivity index (χ3n) is 3.77. The highest BCUT2D eigenvalue weighted by molar-refractivity contribution is 6.05. The Kier molecular flexibility index (Phi) is 3.23. The molecule has 1 aliphatic carbocycles. The summed E-state index contributed by atoms with van der Waals surface area (Å²) in [5, 5.41) is 18.7. The zero-order chi connectivity index (χ0) is 12.6. The van der Waals surface area contributed by atoms with Crippen molar-refractivity contribution in [3.8, 4) is 0 Å². The molecule has 3 atom stereocenters. The lowest BCUT2D eigenvalue weighted by Gasteiger charge is -2.26. The molecule has 0 aromatic rings. The molecule has 3 unspecified atom stereocenters. The molecule has 2 aliphatic rings. The molecule has 2 fully saturated rings. The monoisotopic (exact) mass is 241 g/mol. The van der Waals surface area contributed by atoms with Gasteiger partial charge in [-0.05, 0) is 19.8 Å². The topological polar surface area (TPSA) is 77.8 Å². The standard InChI is InChI=1S/C12H19NO4/c1-12(17,7-14)6-13-10(15)8-4-2-3-5-9(8)11(13)16/h8-9,14,17H,2-7H2,1H3. The van der Waals surface area contributed by atoms with E-state index < -0.39 is 12.2 Å². The second-order valence-corrected chi connectivity index (χ2v) is 5.42. The lowest BCUT2D eigenvalue weighted by molar-refractivity contribution is -0.144. The predicted molar refractivity (Wildman–Crippen MR) is 59.9 cm³/mol. The van der Waals surface area contributed by atoms with E-state index in [1.165, 1.54) is 6.92 Å². The minimum Gasteiger partial charge on any atom is -0.393 e. The van der Waals surface area contributed by atoms with Gasteiger partial charge in [0.25, 0.3) is 0 Å². The first kappa shape index (κ1) is 12.5. The van der Waals surface area contributed by atoms with E-state index in [1.54, 1.807) is 0 Å². The zero-order valence-corrected chi connectivity index (χ0v) is 10.1. The smallest absolute Gasteiger partial charge is 0.233 e. The van der Waals surface area contributed by atoms with Crippen LogP contribution >= 0.6 is 0 Å². The maximum absolute atomic E-state index is 12.1. The summed E-state index contributed by atoms with van der Waals surface area (Å²) in [6.07, 6.45) is 3.52. The summed E-state index contributed by atoms with van der Waals surface area (Å²) in [6, 6.07) is 0. The Bertz CT molecular complexity index is 315. The summed E-state index contributed by atoms with van der Waals surface area (Å²) in [7, 11) is 0. The lowest BCUT2D eigenvalue weighted by atomic mass is 9.81. The molecule has 17 heavy (non-hydrogen) atoms. The van der Waals surface area contributed by atoms with Gasteiger partial charge in [0.2, 0.25) is 11.8 Å². The van der Waals surface area contributed by atoms with Crippen molar-refractivity contribution in [3.05, 3.63) is 0 Å². The molecule has 1 heterocycles. The van der Waals surface area contributed by atoms with Gasteiger partial charge in [0.05, 0.1) is 25.0 Å². The van der Waals surface area contributed by atoms with Crippen molar-refractivity contribution in [1.82, 2.24) is 4.90 Å². The van der Waals surface area contributed by atoms with Gasteiger partial charge in [-0.2, -0.15) is 0 Å². The summed E-state index contributed by atoms with van der Waals surface area (Å²) in [6.45, 7) is 0.864. The van der Waals surface area contributed by atoms with Gasteiger partial charge in [-0.25, -0.2) is 0 Å². The van der Waals surface area contributed by atoms with Gasteiger partial charge >= 0.3 is 0 Å². The molecule has 0 aromatic heterocycles. The molecule has 1 saturated carbocycles. The van der Waals surface area contributed by atoms with E-state index in [1.807, 2.05) is 0 Å². The molecule has 5 heteroatoms. The van der Waals surface area contributed by atoms with E-state index in [2.05, 4.69) is 0 Å². The molecular formula is C12H19NO4. The Balaban J connectivity index is 2.13. The van der Waals surface area contributed by atoms with Crippen LogP contribution in [0.5, 0.6) is 0 Å². The Morgan fingerprint density at radius 3 is 2.12 bits per heavy atom. The van der Waals surface area contributed by atoms with Crippen molar-refractivity contribution in [2.75, 3.05) is 13.2 Å². The third-order valence-corrected chi connectivity index (χ3v) is 3.77. The van der Waals surface area contributed by atoms with Crippen LogP contribution in [0.4, 0.5) is 0 Å². The number of β-amino-alcohol motifs (C(OH)–C–C–N with tert-alkyl or cyclic N) is 1. The van der Waals surface area contributed by atoms with Gasteiger partial charge in [-0.15, -0.1) is 0 Å². The molecule has 2 N–H and O–H groups in total. The molecule has 0 bridgehead atoms. The number of amides is 2. The number of aliphatic hydroxyl groups excluding tert-OH is 1. The number of nitrogens with zero attached hydrogens (tertiary/aromatic N) is 1. The number of carbonyl (C=O) groups is 2. The summed E-state index contributed by atoms with van der Waals surface area (Å²) >= 11 is 0. The number of hydrogen-bond donors (Lipinski definition) is 2. The van der Waals surface area contributed by atoms with Gasteiger partial charge < -0.3 is 10.2 Å². The van der Waals surface area contributed by atoms with Crippen LogP contribution in [0, 0.1) is 11.8 Å². The summed E-state index contributed by atoms with van der Waals surface area (Å²) in [5.41, 5.74) is -1.40. The fourth-order valence-corrected chi connectivity index (χ4v) is 2.78. The normalized spacial score (nSPS) is 32.5. The van der Waals surface area contributed by atoms with Crippen LogP contribution in [0.2, 0.25) is 0 Å². The highest BCUT2D eigenvalue weighted by atomic mass is 16.3. The van der Waals surface area contributed by atoms with Crippen LogP contribution < -0.4 is 0 Å². The average Bonchev–Trinajstić information content (AvgIpc) is 2.55. The van der Waals surface area contributed by atoms with Gasteiger partial charge in [0.15, 0.2) is 0 Å². The van der Waals surface area contributed by atoms with Crippen LogP contribution in [0.25, 0.3) is 0 Å². The number of aliphatic hydroxyl groups is 2. The van der Waals surface area contributed by atoms with Crippen molar-refractivity contribution in [3.63, 3.8) is 0 Å². The highest BCUT2D eigenvalue weighted by Crippen LogP contribution is 2.38. The van der Waals surface area contributed by atoms with Crippen LogP contribution in [-0.4, -0.2) is 45.7 Å². The van der Waals surface area contributed by atoms with Crippen LogP contribution in [-0.2, 0) is 9.59 Å². The Hall–Kier alpha value is -0.940. The van der Waals surface area contributed by atoms with Gasteiger partial charge in [-0.3, -0.25) is 14.5 Å². The Morgan fingerprint density at radius 1 is 1.24 bits per heavy atom. The van der Waals surface area contributed by atoms with Crippen LogP contribution in [0.15, 0.2) is 0 Å². The van der Waals surface area contributed by atoms with E-state index in [-0.39, 0.29) is 30.2 Å². The quantitative estimate of drug-likeness (QED) is 0.677. The largest absolute Gasteiger partial charge is 0.393 e. The van der Waals surface area contributed by atoms with Crippen molar-refractivity contribution < 1.29 is 19.8 Å². The summed E-state index contributed by atoms with van der Waals surface area (Å²) in [5.74, 6) is -0.724. The van der Waals surface area contributed by atoms with E-state index >= 15 is 0 Å². The molecule has 0 spiro atoms. The summed E-state index contributed by atoms with van der Waals surface area (Å²) in [4.78, 5) is 25.2. The van der Waals surface area contributed by atoms with Gasteiger partial charge in [-0.1, -0.05) is 12.8 Å². The molecule has 5 nitrogen and oxygen atoms in total. The highest BCUT2D eigenvalue weighted by Gasteiger charge is 2.49. The molecule has 2 rings (SSSR count). The molecule has 2 amide bonds. The first-order valence-corrected chi connectivity index (χ1v) is 6.15. The Morgan fingerprint density at radius 2 is 1.71 bits per heavy atom. The molecular weight excluding hydrogens is 222 g/mol. The SMILES string of the molecule is CC(O)(CO)CN1C(=O)C2CCCCC2C1=O. The number of likely N-dealkylation sites (tertiary alicyclic amines) is 1. The van der Waals surface area contributed by atoms with Gasteiger partial charge in [0.1, 0.15) is 5.60 Å². The molecule has 1 aliphatic heterocycles. The first-order valence-electron chi connectivity index (χ1n) is 6.15. The number of rotatable bonds is 3. The fourth-order valence-electron chi connectivity index (χ4n) is 2.78. The number of hydrogen-bond acceptors (Lipinski definition) is 4. The lowest BCUT2D eigenvalue weighted by Crippen LogP contribution is -2.46. The summed E-state index contributed by atoms with van der Waals surface area (Å²) < 4.78 is 0. The molecule has 1 saturated heterocycles. The minimum absolute atomic E-state index is 0.103. The predicted octanol–water partition coefficient (Wildman–Crippen LogP) is -0.0951. The van der Waals surface area contributed by atoms with Crippen molar-refractivity contribution in [1.29, 1.82) is 0 Å². The van der Waals surface area contributed by atoms with E-state index in [4.69, 9.17) is 5.11 Å². The van der Waals surface area contributed by atoms with Gasteiger partial charge in [0, 0.05) is 0 Å². The number of imide groups is 1. The molecule has 0 radical (unpaired) electrons. The third kappa shape index (κ3) is 2.21. The molecule has 96 valence electrons. The molecule has 0 aromatic carbocycles.